The summed E-state index contributed by atoms with van der Waals surface area (Å²) < 4.78 is 18.9. The zero-order valence-corrected chi connectivity index (χ0v) is 10.4. The van der Waals surface area contributed by atoms with Crippen molar-refractivity contribution in [3.63, 3.8) is 0 Å². The summed E-state index contributed by atoms with van der Waals surface area (Å²) >= 11 is 0. The molecule has 0 saturated carbocycles. The number of hydrogen-bond donors (Lipinski definition) is 1. The Hall–Kier alpha value is -1.09. The molecule has 0 spiro atoms. The second-order valence-electron chi connectivity index (χ2n) is 4.19. The van der Waals surface area contributed by atoms with Gasteiger partial charge in [-0.25, -0.2) is 4.39 Å². The molecule has 0 radical (unpaired) electrons. The van der Waals surface area contributed by atoms with Gasteiger partial charge in [0.05, 0.1) is 7.11 Å². The number of methoxy groups -OCH3 is 1. The van der Waals surface area contributed by atoms with Gasteiger partial charge in [-0.05, 0) is 37.9 Å². The Morgan fingerprint density at radius 2 is 2.06 bits per heavy atom. The third kappa shape index (κ3) is 2.95. The van der Waals surface area contributed by atoms with Gasteiger partial charge in [-0.3, -0.25) is 0 Å². The Morgan fingerprint density at radius 3 is 2.62 bits per heavy atom. The molecule has 0 bridgehead atoms. The van der Waals surface area contributed by atoms with Crippen LogP contribution in [0.15, 0.2) is 18.2 Å². The largest absolute Gasteiger partial charge is 0.494 e. The Kier molecular flexibility index (Phi) is 4.74. The predicted octanol–water partition coefficient (Wildman–Crippen LogP) is 2.94. The maximum absolute atomic E-state index is 13.9. The topological polar surface area (TPSA) is 21.3 Å². The zero-order chi connectivity index (χ0) is 12.1. The van der Waals surface area contributed by atoms with Crippen molar-refractivity contribution in [2.45, 2.75) is 32.2 Å². The lowest BCUT2D eigenvalue weighted by atomic mass is 9.94. The highest BCUT2D eigenvalue weighted by Crippen LogP contribution is 2.28. The molecule has 2 atom stereocenters. The van der Waals surface area contributed by atoms with E-state index in [1.54, 1.807) is 6.07 Å². The average Bonchev–Trinajstić information content (AvgIpc) is 2.29. The summed E-state index contributed by atoms with van der Waals surface area (Å²) in [6, 6.07) is 5.68. The molecule has 0 aliphatic heterocycles. The van der Waals surface area contributed by atoms with Crippen molar-refractivity contribution in [1.29, 1.82) is 0 Å². The maximum atomic E-state index is 13.9. The van der Waals surface area contributed by atoms with Gasteiger partial charge in [-0.1, -0.05) is 19.1 Å². The van der Waals surface area contributed by atoms with Gasteiger partial charge >= 0.3 is 0 Å². The van der Waals surface area contributed by atoms with E-state index < -0.39 is 0 Å². The van der Waals surface area contributed by atoms with E-state index in [1.165, 1.54) is 7.11 Å². The number of rotatable bonds is 5. The van der Waals surface area contributed by atoms with Crippen LogP contribution >= 0.6 is 0 Å². The van der Waals surface area contributed by atoms with Crippen molar-refractivity contribution in [2.24, 2.45) is 0 Å². The van der Waals surface area contributed by atoms with Crippen molar-refractivity contribution in [1.82, 2.24) is 5.32 Å². The number of ether oxygens (including phenoxy) is 1. The lowest BCUT2D eigenvalue weighted by molar-refractivity contribution is 0.381. The summed E-state index contributed by atoms with van der Waals surface area (Å²) in [4.78, 5) is 0. The molecule has 0 amide bonds. The van der Waals surface area contributed by atoms with Crippen LogP contribution in [0.5, 0.6) is 5.75 Å². The highest BCUT2D eigenvalue weighted by Gasteiger charge is 2.16. The Labute approximate surface area is 96.8 Å². The summed E-state index contributed by atoms with van der Waals surface area (Å²) in [6.45, 7) is 4.13. The van der Waals surface area contributed by atoms with Gasteiger partial charge in [0.25, 0.3) is 0 Å². The molecule has 16 heavy (non-hydrogen) atoms. The van der Waals surface area contributed by atoms with Crippen LogP contribution in [0.25, 0.3) is 0 Å². The molecule has 1 N–H and O–H groups in total. The molecule has 0 heterocycles. The normalized spacial score (nSPS) is 14.6. The molecule has 0 aliphatic rings. The quantitative estimate of drug-likeness (QED) is 0.832. The van der Waals surface area contributed by atoms with Gasteiger partial charge in [-0.2, -0.15) is 0 Å². The highest BCUT2D eigenvalue weighted by atomic mass is 19.1. The van der Waals surface area contributed by atoms with E-state index in [1.807, 2.05) is 26.1 Å². The first-order valence-corrected chi connectivity index (χ1v) is 5.59. The fourth-order valence-electron chi connectivity index (χ4n) is 1.84. The molecule has 3 heteroatoms. The Morgan fingerprint density at radius 1 is 1.38 bits per heavy atom. The zero-order valence-electron chi connectivity index (χ0n) is 10.4. The molecule has 1 aromatic carbocycles. The SMILES string of the molecule is CNC(C)CC(C)c1cccc(OC)c1F. The second-order valence-corrected chi connectivity index (χ2v) is 4.19. The van der Waals surface area contributed by atoms with Crippen molar-refractivity contribution >= 4 is 0 Å². The minimum Gasteiger partial charge on any atom is -0.494 e. The van der Waals surface area contributed by atoms with Gasteiger partial charge in [0.2, 0.25) is 0 Å². The molecule has 1 rings (SSSR count). The van der Waals surface area contributed by atoms with Crippen LogP contribution in [0, 0.1) is 5.82 Å². The minimum absolute atomic E-state index is 0.178. The maximum Gasteiger partial charge on any atom is 0.168 e. The third-order valence-corrected chi connectivity index (χ3v) is 2.94. The highest BCUT2D eigenvalue weighted by molar-refractivity contribution is 5.33. The second kappa shape index (κ2) is 5.85. The Bertz CT molecular complexity index is 341. The van der Waals surface area contributed by atoms with Gasteiger partial charge in [0.15, 0.2) is 11.6 Å². The molecular formula is C13H20FNO. The summed E-state index contributed by atoms with van der Waals surface area (Å²) in [5.41, 5.74) is 0.724. The summed E-state index contributed by atoms with van der Waals surface area (Å²) in [5.74, 6) is 0.264. The van der Waals surface area contributed by atoms with Gasteiger partial charge < -0.3 is 10.1 Å². The third-order valence-electron chi connectivity index (χ3n) is 2.94. The van der Waals surface area contributed by atoms with Gasteiger partial charge in [0, 0.05) is 6.04 Å². The molecule has 0 saturated heterocycles. The van der Waals surface area contributed by atoms with Crippen LogP contribution in [0.2, 0.25) is 0 Å². The molecule has 0 fully saturated rings. The van der Waals surface area contributed by atoms with E-state index in [9.17, 15) is 4.39 Å². The first-order valence-electron chi connectivity index (χ1n) is 5.59. The van der Waals surface area contributed by atoms with E-state index in [0.29, 0.717) is 11.8 Å². The number of benzene rings is 1. The lowest BCUT2D eigenvalue weighted by Gasteiger charge is -2.18. The molecule has 1 aromatic rings. The standard InChI is InChI=1S/C13H20FNO/c1-9(8-10(2)15-3)11-6-5-7-12(16-4)13(11)14/h5-7,9-10,15H,8H2,1-4H3. The lowest BCUT2D eigenvalue weighted by Crippen LogP contribution is -2.23. The van der Waals surface area contributed by atoms with Crippen molar-refractivity contribution in [2.75, 3.05) is 14.2 Å². The van der Waals surface area contributed by atoms with Crippen molar-refractivity contribution < 1.29 is 9.13 Å². The fraction of sp³-hybridized carbons (Fsp3) is 0.538. The van der Waals surface area contributed by atoms with E-state index in [4.69, 9.17) is 4.74 Å². The van der Waals surface area contributed by atoms with Gasteiger partial charge in [0.1, 0.15) is 0 Å². The molecule has 90 valence electrons. The van der Waals surface area contributed by atoms with Crippen LogP contribution in [0.4, 0.5) is 4.39 Å². The van der Waals surface area contributed by atoms with E-state index >= 15 is 0 Å². The molecule has 0 aromatic heterocycles. The summed E-state index contributed by atoms with van der Waals surface area (Å²) in [5, 5.41) is 3.16. The average molecular weight is 225 g/mol. The molecule has 2 unspecified atom stereocenters. The predicted molar refractivity (Wildman–Crippen MR) is 64.5 cm³/mol. The fourth-order valence-corrected chi connectivity index (χ4v) is 1.84. The van der Waals surface area contributed by atoms with Gasteiger partial charge in [-0.15, -0.1) is 0 Å². The van der Waals surface area contributed by atoms with Crippen molar-refractivity contribution in [3.05, 3.63) is 29.6 Å². The van der Waals surface area contributed by atoms with E-state index in [2.05, 4.69) is 12.2 Å². The molecule has 0 aliphatic carbocycles. The monoisotopic (exact) mass is 225 g/mol. The summed E-state index contributed by atoms with van der Waals surface area (Å²) in [7, 11) is 3.41. The molecule has 2 nitrogen and oxygen atoms in total. The van der Waals surface area contributed by atoms with Crippen molar-refractivity contribution in [3.8, 4) is 5.75 Å². The minimum atomic E-state index is -0.235. The summed E-state index contributed by atoms with van der Waals surface area (Å²) in [6.07, 6.45) is 0.903. The molecular weight excluding hydrogens is 205 g/mol. The Balaban J connectivity index is 2.86. The van der Waals surface area contributed by atoms with Crippen LogP contribution in [-0.2, 0) is 0 Å². The van der Waals surface area contributed by atoms with Crippen LogP contribution in [0.3, 0.4) is 0 Å². The first kappa shape index (κ1) is 13.0. The van der Waals surface area contributed by atoms with E-state index in [-0.39, 0.29) is 11.7 Å². The van der Waals surface area contributed by atoms with Crippen LogP contribution < -0.4 is 10.1 Å². The number of nitrogens with one attached hydrogen (secondary N) is 1. The number of halogens is 1. The van der Waals surface area contributed by atoms with E-state index in [0.717, 1.165) is 12.0 Å². The number of hydrogen-bond acceptors (Lipinski definition) is 2. The first-order chi connectivity index (χ1) is 7.60. The smallest absolute Gasteiger partial charge is 0.168 e. The van der Waals surface area contributed by atoms with Crippen LogP contribution in [-0.4, -0.2) is 20.2 Å². The van der Waals surface area contributed by atoms with Crippen LogP contribution in [0.1, 0.15) is 31.7 Å².